The molecule has 0 radical (unpaired) electrons. The third-order valence-corrected chi connectivity index (χ3v) is 4.10. The van der Waals surface area contributed by atoms with Crippen LogP contribution in [-0.4, -0.2) is 51.7 Å². The monoisotopic (exact) mass is 349 g/mol. The van der Waals surface area contributed by atoms with Crippen LogP contribution in [0, 0.1) is 0 Å². The van der Waals surface area contributed by atoms with Crippen LogP contribution in [0.5, 0.6) is 5.75 Å². The molecule has 1 aliphatic rings. The van der Waals surface area contributed by atoms with Gasteiger partial charge < -0.3 is 25.0 Å². The summed E-state index contributed by atoms with van der Waals surface area (Å²) in [7, 11) is 1.56. The van der Waals surface area contributed by atoms with E-state index in [0.717, 1.165) is 10.6 Å². The van der Waals surface area contributed by atoms with Crippen LogP contribution in [0.25, 0.3) is 0 Å². The third-order valence-electron chi connectivity index (χ3n) is 4.10. The van der Waals surface area contributed by atoms with Gasteiger partial charge >= 0.3 is 5.69 Å². The summed E-state index contributed by atoms with van der Waals surface area (Å²) in [4.78, 5) is 25.2. The van der Waals surface area contributed by atoms with Gasteiger partial charge in [0.05, 0.1) is 19.8 Å². The Hall–Kier alpha value is -2.62. The number of anilines is 1. The summed E-state index contributed by atoms with van der Waals surface area (Å²) < 4.78 is 11.8. The second kappa shape index (κ2) is 7.09. The number of methoxy groups -OCH3 is 1. The molecule has 1 aromatic heterocycles. The lowest BCUT2D eigenvalue weighted by Crippen LogP contribution is -2.41. The third kappa shape index (κ3) is 3.43. The largest absolute Gasteiger partial charge is 0.497 e. The Bertz CT molecular complexity index is 831. The second-order valence-corrected chi connectivity index (χ2v) is 5.65. The lowest BCUT2D eigenvalue weighted by molar-refractivity contribution is -0.0531. The van der Waals surface area contributed by atoms with E-state index in [1.54, 1.807) is 31.4 Å². The normalized spacial score (nSPS) is 25.7. The lowest BCUT2D eigenvalue weighted by atomic mass is 10.1. The first-order valence-electron chi connectivity index (χ1n) is 7.70. The molecule has 4 N–H and O–H groups in total. The van der Waals surface area contributed by atoms with Crippen molar-refractivity contribution in [1.29, 1.82) is 0 Å². The van der Waals surface area contributed by atoms with Gasteiger partial charge in [0.25, 0.3) is 5.56 Å². The molecule has 0 aliphatic carbocycles. The van der Waals surface area contributed by atoms with Crippen molar-refractivity contribution in [3.63, 3.8) is 0 Å². The van der Waals surface area contributed by atoms with E-state index in [0.29, 0.717) is 11.4 Å². The van der Waals surface area contributed by atoms with E-state index < -0.39 is 35.7 Å². The summed E-state index contributed by atoms with van der Waals surface area (Å²) in [6.07, 6.45) is -1.64. The number of benzene rings is 1. The molecule has 9 heteroatoms. The van der Waals surface area contributed by atoms with Crippen molar-refractivity contribution in [2.24, 2.45) is 0 Å². The molecule has 134 valence electrons. The zero-order valence-electron chi connectivity index (χ0n) is 13.5. The van der Waals surface area contributed by atoms with Crippen LogP contribution in [0.4, 0.5) is 5.69 Å². The van der Waals surface area contributed by atoms with Crippen LogP contribution < -0.4 is 21.3 Å². The molecule has 2 aromatic rings. The average Bonchev–Trinajstić information content (AvgIpc) is 2.92. The van der Waals surface area contributed by atoms with Crippen LogP contribution in [0.15, 0.2) is 46.1 Å². The molecule has 1 aliphatic heterocycles. The maximum atomic E-state index is 11.9. The number of rotatable bonds is 5. The Kier molecular flexibility index (Phi) is 4.88. The van der Waals surface area contributed by atoms with Crippen LogP contribution in [0.3, 0.4) is 0 Å². The van der Waals surface area contributed by atoms with E-state index in [1.807, 2.05) is 0 Å². The molecule has 0 saturated carbocycles. The standard InChI is InChI=1S/C16H19N3O6/c1-24-10-4-2-9(3-5-10)17-13-11(8-20)25-15(14(13)22)19-7-6-12(21)18-16(19)23/h2-7,11,13-15,17,20,22H,8H2,1H3,(H,18,21,23)/t11-,13-,14+,15-/m1/s1. The summed E-state index contributed by atoms with van der Waals surface area (Å²) in [5.41, 5.74) is -0.542. The number of ether oxygens (including phenoxy) is 2. The smallest absolute Gasteiger partial charge is 0.330 e. The van der Waals surface area contributed by atoms with E-state index in [-0.39, 0.29) is 6.61 Å². The summed E-state index contributed by atoms with van der Waals surface area (Å²) >= 11 is 0. The molecule has 0 bridgehead atoms. The van der Waals surface area contributed by atoms with Crippen molar-refractivity contribution >= 4 is 5.69 Å². The number of aromatic amines is 1. The lowest BCUT2D eigenvalue weighted by Gasteiger charge is -2.22. The van der Waals surface area contributed by atoms with Gasteiger partial charge in [-0.1, -0.05) is 0 Å². The first kappa shape index (κ1) is 17.2. The van der Waals surface area contributed by atoms with E-state index in [2.05, 4.69) is 10.3 Å². The SMILES string of the molecule is COc1ccc(N[C@H]2[C@H](O)[C@H](n3ccc(=O)[nH]c3=O)O[C@@H]2CO)cc1. The topological polar surface area (TPSA) is 126 Å². The van der Waals surface area contributed by atoms with Gasteiger partial charge in [-0.25, -0.2) is 4.79 Å². The van der Waals surface area contributed by atoms with Gasteiger partial charge in [-0.3, -0.25) is 14.3 Å². The minimum Gasteiger partial charge on any atom is -0.497 e. The Morgan fingerprint density at radius 3 is 2.60 bits per heavy atom. The molecule has 2 heterocycles. The molecule has 4 atom stereocenters. The van der Waals surface area contributed by atoms with Crippen LogP contribution in [0.1, 0.15) is 6.23 Å². The molecule has 0 spiro atoms. The van der Waals surface area contributed by atoms with E-state index in [9.17, 15) is 19.8 Å². The Labute approximate surface area is 142 Å². The number of aliphatic hydroxyl groups is 2. The molecule has 1 aromatic carbocycles. The quantitative estimate of drug-likeness (QED) is 0.561. The molecule has 1 saturated heterocycles. The molecule has 0 unspecified atom stereocenters. The van der Waals surface area contributed by atoms with Crippen LogP contribution in [-0.2, 0) is 4.74 Å². The van der Waals surface area contributed by atoms with Gasteiger partial charge in [-0.2, -0.15) is 0 Å². The fourth-order valence-corrected chi connectivity index (χ4v) is 2.81. The Morgan fingerprint density at radius 2 is 2.00 bits per heavy atom. The minimum atomic E-state index is -1.12. The molecular formula is C16H19N3O6. The molecule has 0 amide bonds. The van der Waals surface area contributed by atoms with Gasteiger partial charge in [0.1, 0.15) is 18.0 Å². The summed E-state index contributed by atoms with van der Waals surface area (Å²) in [6.45, 7) is -0.348. The predicted octanol–water partition coefficient (Wildman–Crippen LogP) is -0.723. The number of aromatic nitrogens is 2. The molecule has 25 heavy (non-hydrogen) atoms. The Morgan fingerprint density at radius 1 is 1.28 bits per heavy atom. The summed E-state index contributed by atoms with van der Waals surface area (Å²) in [5.74, 6) is 0.685. The van der Waals surface area contributed by atoms with Crippen molar-refractivity contribution in [2.75, 3.05) is 19.0 Å². The molecular weight excluding hydrogens is 330 g/mol. The number of nitrogens with one attached hydrogen (secondary N) is 2. The summed E-state index contributed by atoms with van der Waals surface area (Å²) in [5, 5.41) is 23.2. The highest BCUT2D eigenvalue weighted by Crippen LogP contribution is 2.30. The molecule has 1 fully saturated rings. The highest BCUT2D eigenvalue weighted by Gasteiger charge is 2.44. The molecule has 3 rings (SSSR count). The first-order valence-corrected chi connectivity index (χ1v) is 7.70. The number of aliphatic hydroxyl groups excluding tert-OH is 2. The molecule has 9 nitrogen and oxygen atoms in total. The van der Waals surface area contributed by atoms with Crippen molar-refractivity contribution in [2.45, 2.75) is 24.5 Å². The van der Waals surface area contributed by atoms with Crippen molar-refractivity contribution in [1.82, 2.24) is 9.55 Å². The van der Waals surface area contributed by atoms with Crippen LogP contribution >= 0.6 is 0 Å². The van der Waals surface area contributed by atoms with Gasteiger partial charge in [-0.05, 0) is 24.3 Å². The van der Waals surface area contributed by atoms with E-state index >= 15 is 0 Å². The van der Waals surface area contributed by atoms with Gasteiger partial charge in [-0.15, -0.1) is 0 Å². The number of nitrogens with zero attached hydrogens (tertiary/aromatic N) is 1. The van der Waals surface area contributed by atoms with Crippen molar-refractivity contribution in [3.05, 3.63) is 57.4 Å². The number of H-pyrrole nitrogens is 1. The average molecular weight is 349 g/mol. The zero-order chi connectivity index (χ0) is 18.0. The number of hydrogen-bond acceptors (Lipinski definition) is 7. The maximum Gasteiger partial charge on any atom is 0.330 e. The summed E-state index contributed by atoms with van der Waals surface area (Å²) in [6, 6.07) is 7.54. The highest BCUT2D eigenvalue weighted by molar-refractivity contribution is 5.47. The highest BCUT2D eigenvalue weighted by atomic mass is 16.5. The fraction of sp³-hybridized carbons (Fsp3) is 0.375. The predicted molar refractivity (Wildman–Crippen MR) is 88.7 cm³/mol. The van der Waals surface area contributed by atoms with Gasteiger partial charge in [0.2, 0.25) is 0 Å². The maximum absolute atomic E-state index is 11.9. The van der Waals surface area contributed by atoms with Crippen molar-refractivity contribution in [3.8, 4) is 5.75 Å². The minimum absolute atomic E-state index is 0.348. The van der Waals surface area contributed by atoms with Gasteiger partial charge in [0, 0.05) is 18.0 Å². The van der Waals surface area contributed by atoms with Crippen molar-refractivity contribution < 1.29 is 19.7 Å². The Balaban J connectivity index is 1.83. The van der Waals surface area contributed by atoms with E-state index in [1.165, 1.54) is 6.20 Å². The fourth-order valence-electron chi connectivity index (χ4n) is 2.81. The second-order valence-electron chi connectivity index (χ2n) is 5.65. The zero-order valence-corrected chi connectivity index (χ0v) is 13.5. The first-order chi connectivity index (χ1) is 12.0. The van der Waals surface area contributed by atoms with Gasteiger partial charge in [0.15, 0.2) is 6.23 Å². The van der Waals surface area contributed by atoms with E-state index in [4.69, 9.17) is 9.47 Å². The number of hydrogen-bond donors (Lipinski definition) is 4. The van der Waals surface area contributed by atoms with Crippen LogP contribution in [0.2, 0.25) is 0 Å².